The largest absolute Gasteiger partial charge is 0.294 e. The lowest BCUT2D eigenvalue weighted by molar-refractivity contribution is 0.0988. The molecule has 0 fully saturated rings. The van der Waals surface area contributed by atoms with Crippen LogP contribution in [0.15, 0.2) is 24.3 Å². The van der Waals surface area contributed by atoms with E-state index in [4.69, 9.17) is 6.42 Å². The summed E-state index contributed by atoms with van der Waals surface area (Å²) < 4.78 is 0. The summed E-state index contributed by atoms with van der Waals surface area (Å²) in [6, 6.07) is 7.88. The van der Waals surface area contributed by atoms with E-state index in [0.29, 0.717) is 18.3 Å². The molecule has 0 saturated carbocycles. The SMILES string of the molecule is C#CCC(c1cccc(C(=O)CC)c1)C(C)C. The normalized spacial score (nSPS) is 12.2. The van der Waals surface area contributed by atoms with Crippen molar-refractivity contribution < 1.29 is 4.79 Å². The molecule has 0 aliphatic carbocycles. The summed E-state index contributed by atoms with van der Waals surface area (Å²) in [6.45, 7) is 6.21. The average Bonchev–Trinajstić information content (AvgIpc) is 2.34. The van der Waals surface area contributed by atoms with Gasteiger partial charge in [-0.3, -0.25) is 4.79 Å². The maximum Gasteiger partial charge on any atom is 0.162 e. The molecule has 17 heavy (non-hydrogen) atoms. The van der Waals surface area contributed by atoms with Gasteiger partial charge in [0.25, 0.3) is 0 Å². The molecule has 0 heterocycles. The first-order valence-electron chi connectivity index (χ1n) is 6.16. The molecule has 0 spiro atoms. The Kier molecular flexibility index (Phi) is 4.97. The molecule has 0 aliphatic heterocycles. The van der Waals surface area contributed by atoms with Crippen LogP contribution >= 0.6 is 0 Å². The molecule has 0 radical (unpaired) electrons. The van der Waals surface area contributed by atoms with Gasteiger partial charge in [0.15, 0.2) is 5.78 Å². The average molecular weight is 228 g/mol. The molecule has 1 unspecified atom stereocenters. The fraction of sp³-hybridized carbons (Fsp3) is 0.438. The van der Waals surface area contributed by atoms with Crippen molar-refractivity contribution in [1.82, 2.24) is 0 Å². The van der Waals surface area contributed by atoms with Crippen LogP contribution in [-0.2, 0) is 0 Å². The number of carbonyl (C=O) groups excluding carboxylic acids is 1. The van der Waals surface area contributed by atoms with E-state index in [2.05, 4.69) is 25.8 Å². The standard InChI is InChI=1S/C16H20O/c1-5-8-15(12(3)4)13-9-7-10-14(11-13)16(17)6-2/h1,7,9-12,15H,6,8H2,2-4H3. The topological polar surface area (TPSA) is 17.1 Å². The van der Waals surface area contributed by atoms with Crippen LogP contribution in [-0.4, -0.2) is 5.78 Å². The van der Waals surface area contributed by atoms with E-state index in [1.165, 1.54) is 5.56 Å². The van der Waals surface area contributed by atoms with Crippen LogP contribution in [0.5, 0.6) is 0 Å². The summed E-state index contributed by atoms with van der Waals surface area (Å²) in [7, 11) is 0. The van der Waals surface area contributed by atoms with Crippen LogP contribution in [0.1, 0.15) is 55.5 Å². The number of ketones is 1. The Hall–Kier alpha value is -1.55. The molecular weight excluding hydrogens is 208 g/mol. The second-order valence-corrected chi connectivity index (χ2v) is 4.66. The van der Waals surface area contributed by atoms with E-state index in [-0.39, 0.29) is 5.78 Å². The molecule has 0 bridgehead atoms. The Morgan fingerprint density at radius 3 is 2.65 bits per heavy atom. The Morgan fingerprint density at radius 2 is 2.12 bits per heavy atom. The molecule has 90 valence electrons. The Labute approximate surface area is 104 Å². The van der Waals surface area contributed by atoms with Crippen molar-refractivity contribution in [2.75, 3.05) is 0 Å². The molecule has 1 nitrogen and oxygen atoms in total. The third-order valence-corrected chi connectivity index (χ3v) is 3.10. The van der Waals surface area contributed by atoms with Gasteiger partial charge in [0, 0.05) is 18.4 Å². The minimum Gasteiger partial charge on any atom is -0.294 e. The molecule has 0 saturated heterocycles. The number of carbonyl (C=O) groups is 1. The van der Waals surface area contributed by atoms with Crippen LogP contribution < -0.4 is 0 Å². The van der Waals surface area contributed by atoms with Gasteiger partial charge in [-0.05, 0) is 23.5 Å². The number of rotatable bonds is 5. The zero-order valence-electron chi connectivity index (χ0n) is 10.9. The van der Waals surface area contributed by atoms with Crippen LogP contribution in [0.3, 0.4) is 0 Å². The summed E-state index contributed by atoms with van der Waals surface area (Å²) >= 11 is 0. The van der Waals surface area contributed by atoms with Crippen molar-refractivity contribution in [3.63, 3.8) is 0 Å². The smallest absolute Gasteiger partial charge is 0.162 e. The van der Waals surface area contributed by atoms with E-state index < -0.39 is 0 Å². The van der Waals surface area contributed by atoms with Crippen molar-refractivity contribution in [3.8, 4) is 12.3 Å². The van der Waals surface area contributed by atoms with Gasteiger partial charge in [-0.15, -0.1) is 12.3 Å². The Morgan fingerprint density at radius 1 is 1.41 bits per heavy atom. The van der Waals surface area contributed by atoms with Crippen LogP contribution in [0.2, 0.25) is 0 Å². The molecule has 1 aromatic carbocycles. The van der Waals surface area contributed by atoms with Crippen LogP contribution in [0.4, 0.5) is 0 Å². The van der Waals surface area contributed by atoms with Gasteiger partial charge in [0.2, 0.25) is 0 Å². The minimum absolute atomic E-state index is 0.190. The molecule has 0 aliphatic rings. The van der Waals surface area contributed by atoms with Crippen molar-refractivity contribution in [2.45, 2.75) is 39.5 Å². The lowest BCUT2D eigenvalue weighted by atomic mass is 9.85. The molecule has 1 heteroatoms. The number of hydrogen-bond donors (Lipinski definition) is 0. The molecule has 0 aromatic heterocycles. The first-order valence-corrected chi connectivity index (χ1v) is 6.16. The zero-order chi connectivity index (χ0) is 12.8. The van der Waals surface area contributed by atoms with Crippen LogP contribution in [0, 0.1) is 18.3 Å². The second-order valence-electron chi connectivity index (χ2n) is 4.66. The van der Waals surface area contributed by atoms with Crippen LogP contribution in [0.25, 0.3) is 0 Å². The summed E-state index contributed by atoms with van der Waals surface area (Å²) in [5.74, 6) is 3.74. The van der Waals surface area contributed by atoms with Gasteiger partial charge in [0.05, 0.1) is 0 Å². The highest BCUT2D eigenvalue weighted by Crippen LogP contribution is 2.28. The Bertz CT molecular complexity index is 423. The summed E-state index contributed by atoms with van der Waals surface area (Å²) in [4.78, 5) is 11.7. The lowest BCUT2D eigenvalue weighted by Crippen LogP contribution is -2.07. The van der Waals surface area contributed by atoms with Crippen molar-refractivity contribution in [1.29, 1.82) is 0 Å². The highest BCUT2D eigenvalue weighted by Gasteiger charge is 2.15. The fourth-order valence-electron chi connectivity index (χ4n) is 2.01. The molecule has 1 aromatic rings. The first-order chi connectivity index (χ1) is 8.10. The van der Waals surface area contributed by atoms with Gasteiger partial charge in [-0.2, -0.15) is 0 Å². The first kappa shape index (κ1) is 13.5. The van der Waals surface area contributed by atoms with Crippen molar-refractivity contribution in [3.05, 3.63) is 35.4 Å². The molecule has 1 atom stereocenters. The second kappa shape index (κ2) is 6.25. The molecule has 0 N–H and O–H groups in total. The quantitative estimate of drug-likeness (QED) is 0.549. The fourth-order valence-corrected chi connectivity index (χ4v) is 2.01. The summed E-state index contributed by atoms with van der Waals surface area (Å²) in [5, 5.41) is 0. The number of terminal acetylenes is 1. The lowest BCUT2D eigenvalue weighted by Gasteiger charge is -2.19. The van der Waals surface area contributed by atoms with Gasteiger partial charge in [0.1, 0.15) is 0 Å². The monoisotopic (exact) mass is 228 g/mol. The number of Topliss-reactive ketones (excluding diaryl/α,β-unsaturated/α-hetero) is 1. The minimum atomic E-state index is 0.190. The van der Waals surface area contributed by atoms with Crippen molar-refractivity contribution in [2.24, 2.45) is 5.92 Å². The van der Waals surface area contributed by atoms with E-state index in [1.54, 1.807) is 0 Å². The maximum absolute atomic E-state index is 11.7. The maximum atomic E-state index is 11.7. The van der Waals surface area contributed by atoms with Crippen molar-refractivity contribution >= 4 is 5.78 Å². The highest BCUT2D eigenvalue weighted by atomic mass is 16.1. The number of hydrogen-bond acceptors (Lipinski definition) is 1. The van der Waals surface area contributed by atoms with E-state index in [9.17, 15) is 4.79 Å². The van der Waals surface area contributed by atoms with E-state index >= 15 is 0 Å². The van der Waals surface area contributed by atoms with Gasteiger partial charge < -0.3 is 0 Å². The summed E-state index contributed by atoms with van der Waals surface area (Å²) in [5.41, 5.74) is 1.98. The third kappa shape index (κ3) is 3.46. The predicted molar refractivity (Wildman–Crippen MR) is 72.1 cm³/mol. The predicted octanol–water partition coefficient (Wildman–Crippen LogP) is 4.04. The zero-order valence-corrected chi connectivity index (χ0v) is 10.9. The molecule has 0 amide bonds. The van der Waals surface area contributed by atoms with E-state index in [1.807, 2.05) is 25.1 Å². The van der Waals surface area contributed by atoms with Gasteiger partial charge in [-0.25, -0.2) is 0 Å². The summed E-state index contributed by atoms with van der Waals surface area (Å²) in [6.07, 6.45) is 6.68. The van der Waals surface area contributed by atoms with Gasteiger partial charge in [-0.1, -0.05) is 39.0 Å². The van der Waals surface area contributed by atoms with Gasteiger partial charge >= 0.3 is 0 Å². The molecular formula is C16H20O. The third-order valence-electron chi connectivity index (χ3n) is 3.10. The Balaban J connectivity index is 3.04. The van der Waals surface area contributed by atoms with E-state index in [0.717, 1.165) is 12.0 Å². The molecule has 1 rings (SSSR count). The number of benzene rings is 1. The highest BCUT2D eigenvalue weighted by molar-refractivity contribution is 5.96.